The number of fused-ring (bicyclic) bond motifs is 1. The number of rotatable bonds is 2. The van der Waals surface area contributed by atoms with Gasteiger partial charge in [-0.2, -0.15) is 9.97 Å². The van der Waals surface area contributed by atoms with Crippen LogP contribution in [0.3, 0.4) is 0 Å². The number of hydrogen-bond donors (Lipinski definition) is 3. The van der Waals surface area contributed by atoms with E-state index in [1.807, 2.05) is 4.57 Å². The molecule has 1 aliphatic heterocycles. The number of nitrogen functional groups attached to an aromatic ring is 2. The lowest BCUT2D eigenvalue weighted by Gasteiger charge is -2.28. The quantitative estimate of drug-likeness (QED) is 0.680. The normalized spacial score (nSPS) is 23.8. The van der Waals surface area contributed by atoms with Crippen LogP contribution in [0.15, 0.2) is 6.33 Å². The first-order chi connectivity index (χ1) is 9.19. The van der Waals surface area contributed by atoms with Gasteiger partial charge in [0.1, 0.15) is 10.9 Å². The minimum Gasteiger partial charge on any atom is -0.394 e. The molecular weight excluding hydrogens is 268 g/mol. The molecule has 0 amide bonds. The minimum absolute atomic E-state index is 0.0342. The molecule has 19 heavy (non-hydrogen) atoms. The molecule has 9 heteroatoms. The summed E-state index contributed by atoms with van der Waals surface area (Å²) in [7, 11) is 0. The highest BCUT2D eigenvalue weighted by Crippen LogP contribution is 2.32. The first-order valence-corrected chi connectivity index (χ1v) is 6.83. The molecule has 1 fully saturated rings. The molecule has 0 aliphatic carbocycles. The van der Waals surface area contributed by atoms with Gasteiger partial charge in [0, 0.05) is 5.75 Å². The molecular formula is C10H14N6O2S. The number of aromatic nitrogens is 4. The summed E-state index contributed by atoms with van der Waals surface area (Å²) in [6.07, 6.45) is 1.55. The lowest BCUT2D eigenvalue weighted by Crippen LogP contribution is -2.30. The number of hydrogen-bond acceptors (Lipinski definition) is 8. The van der Waals surface area contributed by atoms with Gasteiger partial charge in [0.25, 0.3) is 0 Å². The molecule has 0 bridgehead atoms. The molecule has 0 aromatic carbocycles. The standard InChI is InChI=1S/C10H14N6O2S/c11-8-7-9(15-10(12)14-8)16(4-13-7)6-2-18-5(1-17)3-19-6/h4-6,17H,1-3H2,(H4,11,12,14,15). The average molecular weight is 282 g/mol. The van der Waals surface area contributed by atoms with Gasteiger partial charge in [-0.3, -0.25) is 4.57 Å². The van der Waals surface area contributed by atoms with Gasteiger partial charge in [0.2, 0.25) is 5.95 Å². The third-order valence-corrected chi connectivity index (χ3v) is 4.24. The number of nitrogens with two attached hydrogens (primary N) is 2. The maximum atomic E-state index is 9.04. The van der Waals surface area contributed by atoms with E-state index < -0.39 is 0 Å². The summed E-state index contributed by atoms with van der Waals surface area (Å²) in [5, 5.41) is 9.08. The minimum atomic E-state index is -0.110. The van der Waals surface area contributed by atoms with Crippen LogP contribution in [-0.2, 0) is 4.74 Å². The fraction of sp³-hybridized carbons (Fsp3) is 0.500. The van der Waals surface area contributed by atoms with Crippen LogP contribution in [0, 0.1) is 0 Å². The van der Waals surface area contributed by atoms with Crippen LogP contribution >= 0.6 is 11.8 Å². The Hall–Kier alpha value is -1.58. The molecule has 3 heterocycles. The van der Waals surface area contributed by atoms with Crippen LogP contribution in [0.1, 0.15) is 5.37 Å². The smallest absolute Gasteiger partial charge is 0.224 e. The summed E-state index contributed by atoms with van der Waals surface area (Å²) >= 11 is 1.68. The van der Waals surface area contributed by atoms with E-state index in [-0.39, 0.29) is 29.9 Å². The Morgan fingerprint density at radius 2 is 2.32 bits per heavy atom. The molecule has 2 aromatic rings. The lowest BCUT2D eigenvalue weighted by atomic mass is 10.4. The molecule has 0 radical (unpaired) electrons. The summed E-state index contributed by atoms with van der Waals surface area (Å²) in [5.74, 6) is 1.12. The largest absolute Gasteiger partial charge is 0.394 e. The van der Waals surface area contributed by atoms with E-state index in [2.05, 4.69) is 15.0 Å². The maximum Gasteiger partial charge on any atom is 0.224 e. The Morgan fingerprint density at radius 1 is 1.47 bits per heavy atom. The van der Waals surface area contributed by atoms with E-state index in [9.17, 15) is 0 Å². The SMILES string of the molecule is Nc1nc(N)c2ncn(C3COC(CO)CS3)c2n1. The Kier molecular flexibility index (Phi) is 3.17. The predicted octanol–water partition coefficient (Wildman–Crippen LogP) is -0.386. The monoisotopic (exact) mass is 282 g/mol. The van der Waals surface area contributed by atoms with E-state index in [1.165, 1.54) is 0 Å². The van der Waals surface area contributed by atoms with Gasteiger partial charge in [0.15, 0.2) is 11.5 Å². The number of thioether (sulfide) groups is 1. The van der Waals surface area contributed by atoms with Crippen molar-refractivity contribution in [3.8, 4) is 0 Å². The van der Waals surface area contributed by atoms with Gasteiger partial charge in [-0.05, 0) is 0 Å². The van der Waals surface area contributed by atoms with Gasteiger partial charge in [-0.1, -0.05) is 0 Å². The predicted molar refractivity (Wildman–Crippen MR) is 72.5 cm³/mol. The molecule has 1 saturated heterocycles. The molecule has 2 aromatic heterocycles. The molecule has 0 spiro atoms. The third kappa shape index (κ3) is 2.20. The summed E-state index contributed by atoms with van der Waals surface area (Å²) in [5.41, 5.74) is 12.5. The maximum absolute atomic E-state index is 9.04. The van der Waals surface area contributed by atoms with Crippen LogP contribution in [0.4, 0.5) is 11.8 Å². The van der Waals surface area contributed by atoms with Gasteiger partial charge in [0.05, 0.1) is 25.6 Å². The van der Waals surface area contributed by atoms with Crippen molar-refractivity contribution in [2.24, 2.45) is 0 Å². The van der Waals surface area contributed by atoms with Crippen LogP contribution in [0.2, 0.25) is 0 Å². The Bertz CT molecular complexity index is 595. The average Bonchev–Trinajstić information content (AvgIpc) is 2.83. The summed E-state index contributed by atoms with van der Waals surface area (Å²) in [6, 6.07) is 0. The van der Waals surface area contributed by atoms with Crippen LogP contribution < -0.4 is 11.5 Å². The van der Waals surface area contributed by atoms with Gasteiger partial charge < -0.3 is 21.3 Å². The molecule has 5 N–H and O–H groups in total. The van der Waals surface area contributed by atoms with Crippen molar-refractivity contribution < 1.29 is 9.84 Å². The molecule has 3 rings (SSSR count). The summed E-state index contributed by atoms with van der Waals surface area (Å²) in [6.45, 7) is 0.512. The summed E-state index contributed by atoms with van der Waals surface area (Å²) in [4.78, 5) is 12.3. The zero-order chi connectivity index (χ0) is 13.4. The first kappa shape index (κ1) is 12.5. The second kappa shape index (κ2) is 4.83. The highest BCUT2D eigenvalue weighted by Gasteiger charge is 2.25. The molecule has 102 valence electrons. The number of aliphatic hydroxyl groups excluding tert-OH is 1. The molecule has 1 aliphatic rings. The number of aliphatic hydroxyl groups is 1. The van der Waals surface area contributed by atoms with Gasteiger partial charge in [-0.25, -0.2) is 4.98 Å². The lowest BCUT2D eigenvalue weighted by molar-refractivity contribution is 0.0161. The van der Waals surface area contributed by atoms with Crippen LogP contribution in [-0.4, -0.2) is 49.7 Å². The van der Waals surface area contributed by atoms with Crippen molar-refractivity contribution in [3.63, 3.8) is 0 Å². The molecule has 2 atom stereocenters. The van der Waals surface area contributed by atoms with Crippen LogP contribution in [0.25, 0.3) is 11.2 Å². The van der Waals surface area contributed by atoms with Crippen molar-refractivity contribution in [1.29, 1.82) is 0 Å². The second-order valence-corrected chi connectivity index (χ2v) is 5.43. The second-order valence-electron chi connectivity index (χ2n) is 4.22. The number of nitrogens with zero attached hydrogens (tertiary/aromatic N) is 4. The number of anilines is 2. The van der Waals surface area contributed by atoms with Gasteiger partial charge in [-0.15, -0.1) is 11.8 Å². The molecule has 8 nitrogen and oxygen atoms in total. The molecule has 0 saturated carbocycles. The summed E-state index contributed by atoms with van der Waals surface area (Å²) < 4.78 is 7.42. The van der Waals surface area contributed by atoms with Crippen molar-refractivity contribution >= 4 is 34.7 Å². The van der Waals surface area contributed by atoms with Crippen molar-refractivity contribution in [3.05, 3.63) is 6.33 Å². The third-order valence-electron chi connectivity index (χ3n) is 2.93. The highest BCUT2D eigenvalue weighted by molar-refractivity contribution is 7.99. The van der Waals surface area contributed by atoms with E-state index in [4.69, 9.17) is 21.3 Å². The van der Waals surface area contributed by atoms with E-state index >= 15 is 0 Å². The fourth-order valence-electron chi connectivity index (χ4n) is 1.97. The number of imidazole rings is 1. The van der Waals surface area contributed by atoms with Crippen molar-refractivity contribution in [2.75, 3.05) is 30.4 Å². The van der Waals surface area contributed by atoms with E-state index in [0.29, 0.717) is 17.8 Å². The first-order valence-electron chi connectivity index (χ1n) is 5.78. The van der Waals surface area contributed by atoms with E-state index in [0.717, 1.165) is 5.75 Å². The Morgan fingerprint density at radius 3 is 3.00 bits per heavy atom. The Labute approximate surface area is 113 Å². The fourth-order valence-corrected chi connectivity index (χ4v) is 3.09. The van der Waals surface area contributed by atoms with Gasteiger partial charge >= 0.3 is 0 Å². The zero-order valence-corrected chi connectivity index (χ0v) is 10.9. The Balaban J connectivity index is 1.93. The van der Waals surface area contributed by atoms with Crippen molar-refractivity contribution in [1.82, 2.24) is 19.5 Å². The number of ether oxygens (including phenoxy) is 1. The van der Waals surface area contributed by atoms with E-state index in [1.54, 1.807) is 18.1 Å². The highest BCUT2D eigenvalue weighted by atomic mass is 32.2. The molecule has 2 unspecified atom stereocenters. The van der Waals surface area contributed by atoms with Crippen LogP contribution in [0.5, 0.6) is 0 Å². The topological polar surface area (TPSA) is 125 Å². The van der Waals surface area contributed by atoms with Crippen molar-refractivity contribution in [2.45, 2.75) is 11.5 Å². The zero-order valence-electron chi connectivity index (χ0n) is 10.1.